The molecule has 0 saturated heterocycles. The van der Waals surface area contributed by atoms with Gasteiger partial charge in [0.1, 0.15) is 0 Å². The average Bonchev–Trinajstić information content (AvgIpc) is 2.43. The Labute approximate surface area is 117 Å². The van der Waals surface area contributed by atoms with E-state index >= 15 is 0 Å². The number of aliphatic hydroxyl groups excluding tert-OH is 1. The molecule has 0 saturated carbocycles. The van der Waals surface area contributed by atoms with Crippen LogP contribution >= 0.6 is 0 Å². The second-order valence-electron chi connectivity index (χ2n) is 4.63. The number of nitrogens with one attached hydrogen (secondary N) is 2. The number of carbonyl (C=O) groups is 2. The molecule has 0 radical (unpaired) electrons. The van der Waals surface area contributed by atoms with E-state index in [0.717, 1.165) is 12.8 Å². The molecule has 1 aromatic carbocycles. The summed E-state index contributed by atoms with van der Waals surface area (Å²) in [6.45, 7) is 1.56. The third-order valence-corrected chi connectivity index (χ3v) is 2.83. The van der Waals surface area contributed by atoms with E-state index in [9.17, 15) is 9.59 Å². The number of hydrogen-bond donors (Lipinski definition) is 4. The van der Waals surface area contributed by atoms with Gasteiger partial charge in [0.25, 0.3) is 0 Å². The van der Waals surface area contributed by atoms with Crippen molar-refractivity contribution in [3.8, 4) is 0 Å². The summed E-state index contributed by atoms with van der Waals surface area (Å²) >= 11 is 0. The van der Waals surface area contributed by atoms with Crippen molar-refractivity contribution in [3.05, 3.63) is 35.9 Å². The minimum atomic E-state index is -1.58. The lowest BCUT2D eigenvalue weighted by Gasteiger charge is -2.15. The normalized spacial score (nSPS) is 13.3. The van der Waals surface area contributed by atoms with Gasteiger partial charge in [0.15, 0.2) is 6.10 Å². The molecule has 20 heavy (non-hydrogen) atoms. The highest BCUT2D eigenvalue weighted by molar-refractivity contribution is 5.76. The highest BCUT2D eigenvalue weighted by atomic mass is 16.4. The largest absolute Gasteiger partial charge is 0.479 e. The van der Waals surface area contributed by atoms with Gasteiger partial charge in [-0.15, -0.1) is 0 Å². The molecule has 0 heterocycles. The van der Waals surface area contributed by atoms with Crippen molar-refractivity contribution in [2.24, 2.45) is 0 Å². The number of aryl methyl sites for hydroxylation is 1. The van der Waals surface area contributed by atoms with Gasteiger partial charge < -0.3 is 20.8 Å². The quantitative estimate of drug-likeness (QED) is 0.592. The van der Waals surface area contributed by atoms with Crippen molar-refractivity contribution in [3.63, 3.8) is 0 Å². The second-order valence-corrected chi connectivity index (χ2v) is 4.63. The van der Waals surface area contributed by atoms with E-state index in [1.165, 1.54) is 5.56 Å². The summed E-state index contributed by atoms with van der Waals surface area (Å²) in [6.07, 6.45) is 0.0410. The number of benzene rings is 1. The first-order valence-corrected chi connectivity index (χ1v) is 6.48. The minimum absolute atomic E-state index is 0.0443. The van der Waals surface area contributed by atoms with E-state index in [4.69, 9.17) is 10.2 Å². The molecule has 0 spiro atoms. The molecule has 0 aliphatic rings. The van der Waals surface area contributed by atoms with E-state index in [1.54, 1.807) is 0 Å². The van der Waals surface area contributed by atoms with Crippen LogP contribution in [0.5, 0.6) is 0 Å². The summed E-state index contributed by atoms with van der Waals surface area (Å²) in [5.41, 5.74) is 1.20. The lowest BCUT2D eigenvalue weighted by molar-refractivity contribution is -0.146. The van der Waals surface area contributed by atoms with Crippen LogP contribution in [0.2, 0.25) is 0 Å². The van der Waals surface area contributed by atoms with Gasteiger partial charge in [-0.3, -0.25) is 0 Å². The Morgan fingerprint density at radius 2 is 1.90 bits per heavy atom. The molecule has 0 aromatic heterocycles. The Morgan fingerprint density at radius 1 is 1.25 bits per heavy atom. The minimum Gasteiger partial charge on any atom is -0.479 e. The molecule has 6 nitrogen and oxygen atoms in total. The topological polar surface area (TPSA) is 98.7 Å². The fourth-order valence-corrected chi connectivity index (χ4v) is 1.65. The summed E-state index contributed by atoms with van der Waals surface area (Å²) in [4.78, 5) is 21.8. The van der Waals surface area contributed by atoms with Crippen molar-refractivity contribution in [2.75, 3.05) is 6.54 Å². The first-order chi connectivity index (χ1) is 9.49. The summed E-state index contributed by atoms with van der Waals surface area (Å²) in [6, 6.07) is 9.40. The number of aliphatic hydroxyl groups is 1. The molecular weight excluding hydrogens is 260 g/mol. The van der Waals surface area contributed by atoms with Gasteiger partial charge in [-0.05, 0) is 25.3 Å². The third kappa shape index (κ3) is 6.19. The average molecular weight is 280 g/mol. The molecule has 110 valence electrons. The van der Waals surface area contributed by atoms with Crippen LogP contribution in [0.3, 0.4) is 0 Å². The maximum atomic E-state index is 11.5. The molecule has 1 unspecified atom stereocenters. The molecule has 0 aliphatic heterocycles. The number of urea groups is 1. The monoisotopic (exact) mass is 280 g/mol. The maximum absolute atomic E-state index is 11.5. The van der Waals surface area contributed by atoms with Crippen LogP contribution in [0.1, 0.15) is 18.9 Å². The standard InChI is InChI=1S/C14H20N2O4/c1-10(7-8-11-5-3-2-4-6-11)16-14(20)15-9-12(17)13(18)19/h2-6,10,12,17H,7-9H2,1H3,(H,18,19)(H2,15,16,20)/t10?,12-/m0/s1. The van der Waals surface area contributed by atoms with Crippen LogP contribution in [-0.4, -0.2) is 40.9 Å². The van der Waals surface area contributed by atoms with Gasteiger partial charge in [-0.25, -0.2) is 9.59 Å². The smallest absolute Gasteiger partial charge is 0.334 e. The lowest BCUT2D eigenvalue weighted by Crippen LogP contribution is -2.45. The number of carboxylic acids is 1. The zero-order valence-electron chi connectivity index (χ0n) is 11.4. The Hall–Kier alpha value is -2.08. The fraction of sp³-hybridized carbons (Fsp3) is 0.429. The Morgan fingerprint density at radius 3 is 2.50 bits per heavy atom. The van der Waals surface area contributed by atoms with Crippen LogP contribution in [0.4, 0.5) is 4.79 Å². The highest BCUT2D eigenvalue weighted by Crippen LogP contribution is 2.04. The van der Waals surface area contributed by atoms with E-state index in [2.05, 4.69) is 10.6 Å². The van der Waals surface area contributed by atoms with E-state index in [1.807, 2.05) is 37.3 Å². The SMILES string of the molecule is CC(CCc1ccccc1)NC(=O)NC[C@H](O)C(=O)O. The highest BCUT2D eigenvalue weighted by Gasteiger charge is 2.14. The molecule has 2 amide bonds. The molecule has 6 heteroatoms. The van der Waals surface area contributed by atoms with Gasteiger partial charge in [0.2, 0.25) is 0 Å². The summed E-state index contributed by atoms with van der Waals surface area (Å²) in [7, 11) is 0. The zero-order chi connectivity index (χ0) is 15.0. The van der Waals surface area contributed by atoms with Crippen LogP contribution in [0.25, 0.3) is 0 Å². The summed E-state index contributed by atoms with van der Waals surface area (Å²) in [5.74, 6) is -1.36. The van der Waals surface area contributed by atoms with Crippen molar-refractivity contribution in [1.29, 1.82) is 0 Å². The molecule has 1 aromatic rings. The molecule has 2 atom stereocenters. The van der Waals surface area contributed by atoms with E-state index < -0.39 is 18.1 Å². The third-order valence-electron chi connectivity index (χ3n) is 2.83. The Kier molecular flexibility index (Phi) is 6.52. The van der Waals surface area contributed by atoms with Gasteiger partial charge in [-0.1, -0.05) is 30.3 Å². The number of amides is 2. The predicted molar refractivity (Wildman–Crippen MR) is 74.4 cm³/mol. The maximum Gasteiger partial charge on any atom is 0.334 e. The summed E-state index contributed by atoms with van der Waals surface area (Å²) < 4.78 is 0. The Bertz CT molecular complexity index is 436. The number of aliphatic carboxylic acids is 1. The summed E-state index contributed by atoms with van der Waals surface area (Å²) in [5, 5.41) is 22.5. The van der Waals surface area contributed by atoms with Crippen LogP contribution in [-0.2, 0) is 11.2 Å². The van der Waals surface area contributed by atoms with Crippen molar-refractivity contribution in [1.82, 2.24) is 10.6 Å². The number of carboxylic acid groups (broad SMARTS) is 1. The molecule has 0 fully saturated rings. The predicted octanol–water partition coefficient (Wildman–Crippen LogP) is 0.752. The van der Waals surface area contributed by atoms with Crippen molar-refractivity contribution < 1.29 is 19.8 Å². The second kappa shape index (κ2) is 8.16. The number of carbonyl (C=O) groups excluding carboxylic acids is 1. The van der Waals surface area contributed by atoms with E-state index in [-0.39, 0.29) is 12.6 Å². The molecule has 0 aliphatic carbocycles. The van der Waals surface area contributed by atoms with Crippen LogP contribution in [0.15, 0.2) is 30.3 Å². The van der Waals surface area contributed by atoms with E-state index in [0.29, 0.717) is 0 Å². The molecule has 4 N–H and O–H groups in total. The van der Waals surface area contributed by atoms with Gasteiger partial charge in [0.05, 0.1) is 6.54 Å². The van der Waals surface area contributed by atoms with Crippen LogP contribution in [0, 0.1) is 0 Å². The number of rotatable bonds is 7. The zero-order valence-corrected chi connectivity index (χ0v) is 11.4. The fourth-order valence-electron chi connectivity index (χ4n) is 1.65. The number of hydrogen-bond acceptors (Lipinski definition) is 3. The molecule has 0 bridgehead atoms. The van der Waals surface area contributed by atoms with Gasteiger partial charge in [0, 0.05) is 6.04 Å². The Balaban J connectivity index is 2.23. The molecule has 1 rings (SSSR count). The lowest BCUT2D eigenvalue weighted by atomic mass is 10.1. The first kappa shape index (κ1) is 16.0. The van der Waals surface area contributed by atoms with Gasteiger partial charge >= 0.3 is 12.0 Å². The van der Waals surface area contributed by atoms with Gasteiger partial charge in [-0.2, -0.15) is 0 Å². The molecular formula is C14H20N2O4. The first-order valence-electron chi connectivity index (χ1n) is 6.48. The van der Waals surface area contributed by atoms with Crippen LogP contribution < -0.4 is 10.6 Å². The van der Waals surface area contributed by atoms with Crippen molar-refractivity contribution >= 4 is 12.0 Å². The van der Waals surface area contributed by atoms with Crippen molar-refractivity contribution in [2.45, 2.75) is 31.9 Å².